The molecule has 28 heavy (non-hydrogen) atoms. The van der Waals surface area contributed by atoms with E-state index < -0.39 is 0 Å². The zero-order valence-corrected chi connectivity index (χ0v) is 16.6. The quantitative estimate of drug-likeness (QED) is 0.774. The molecule has 1 aliphatic heterocycles. The van der Waals surface area contributed by atoms with E-state index in [4.69, 9.17) is 0 Å². The number of rotatable bonds is 7. The summed E-state index contributed by atoms with van der Waals surface area (Å²) in [4.78, 5) is 30.6. The van der Waals surface area contributed by atoms with Gasteiger partial charge < -0.3 is 15.5 Å². The SMILES string of the molecule is CC(=O)NCc1cccc(-c2cccnc2C(=O)NCC[C@H]2CCCN2C)c1. The third kappa shape index (κ3) is 5.16. The molecule has 0 radical (unpaired) electrons. The van der Waals surface area contributed by atoms with Gasteiger partial charge in [-0.25, -0.2) is 0 Å². The molecule has 0 aliphatic carbocycles. The molecule has 0 saturated carbocycles. The van der Waals surface area contributed by atoms with Gasteiger partial charge in [-0.05, 0) is 56.1 Å². The third-order valence-corrected chi connectivity index (χ3v) is 5.24. The predicted molar refractivity (Wildman–Crippen MR) is 110 cm³/mol. The van der Waals surface area contributed by atoms with Gasteiger partial charge in [-0.3, -0.25) is 14.6 Å². The lowest BCUT2D eigenvalue weighted by Gasteiger charge is -2.19. The molecule has 2 N–H and O–H groups in total. The fraction of sp³-hybridized carbons (Fsp3) is 0.409. The van der Waals surface area contributed by atoms with Crippen LogP contribution in [0, 0.1) is 0 Å². The number of nitrogens with zero attached hydrogens (tertiary/aromatic N) is 2. The molecule has 1 aromatic carbocycles. The van der Waals surface area contributed by atoms with Crippen LogP contribution in [0.25, 0.3) is 11.1 Å². The Morgan fingerprint density at radius 2 is 2.07 bits per heavy atom. The Kier molecular flexibility index (Phi) is 6.76. The molecule has 2 amide bonds. The number of nitrogens with one attached hydrogen (secondary N) is 2. The van der Waals surface area contributed by atoms with Gasteiger partial charge in [0.2, 0.25) is 5.91 Å². The highest BCUT2D eigenvalue weighted by atomic mass is 16.2. The van der Waals surface area contributed by atoms with Crippen molar-refractivity contribution in [3.63, 3.8) is 0 Å². The van der Waals surface area contributed by atoms with Crippen LogP contribution in [0.1, 0.15) is 42.2 Å². The van der Waals surface area contributed by atoms with Crippen LogP contribution in [-0.2, 0) is 11.3 Å². The van der Waals surface area contributed by atoms with Gasteiger partial charge in [-0.1, -0.05) is 24.3 Å². The Labute approximate surface area is 166 Å². The maximum absolute atomic E-state index is 12.7. The molecule has 6 heteroatoms. The van der Waals surface area contributed by atoms with Gasteiger partial charge in [0.05, 0.1) is 0 Å². The van der Waals surface area contributed by atoms with Crippen LogP contribution in [-0.4, -0.2) is 47.9 Å². The number of carbonyl (C=O) groups is 2. The summed E-state index contributed by atoms with van der Waals surface area (Å²) < 4.78 is 0. The van der Waals surface area contributed by atoms with Crippen LogP contribution >= 0.6 is 0 Å². The topological polar surface area (TPSA) is 74.3 Å². The molecule has 6 nitrogen and oxygen atoms in total. The van der Waals surface area contributed by atoms with Crippen LogP contribution in [0.4, 0.5) is 0 Å². The van der Waals surface area contributed by atoms with E-state index in [2.05, 4.69) is 27.6 Å². The van der Waals surface area contributed by atoms with Crippen molar-refractivity contribution in [2.45, 2.75) is 38.8 Å². The van der Waals surface area contributed by atoms with Gasteiger partial charge >= 0.3 is 0 Å². The average Bonchev–Trinajstić information content (AvgIpc) is 3.11. The van der Waals surface area contributed by atoms with E-state index >= 15 is 0 Å². The van der Waals surface area contributed by atoms with E-state index in [1.165, 1.54) is 19.8 Å². The molecule has 1 atom stereocenters. The number of hydrogen-bond donors (Lipinski definition) is 2. The van der Waals surface area contributed by atoms with E-state index in [0.29, 0.717) is 24.8 Å². The minimum atomic E-state index is -0.150. The van der Waals surface area contributed by atoms with Crippen LogP contribution in [0.5, 0.6) is 0 Å². The summed E-state index contributed by atoms with van der Waals surface area (Å²) in [5.41, 5.74) is 3.12. The van der Waals surface area contributed by atoms with Crippen molar-refractivity contribution in [2.75, 3.05) is 20.1 Å². The molecule has 1 aliphatic rings. The van der Waals surface area contributed by atoms with Crippen molar-refractivity contribution in [2.24, 2.45) is 0 Å². The maximum atomic E-state index is 12.7. The Hall–Kier alpha value is -2.73. The van der Waals surface area contributed by atoms with E-state index in [9.17, 15) is 9.59 Å². The number of pyridine rings is 1. The van der Waals surface area contributed by atoms with Crippen LogP contribution in [0.3, 0.4) is 0 Å². The first-order valence-electron chi connectivity index (χ1n) is 9.82. The number of likely N-dealkylation sites (tertiary alicyclic amines) is 1. The first-order chi connectivity index (χ1) is 13.5. The van der Waals surface area contributed by atoms with Crippen LogP contribution < -0.4 is 10.6 Å². The van der Waals surface area contributed by atoms with E-state index in [0.717, 1.165) is 29.7 Å². The van der Waals surface area contributed by atoms with Crippen molar-refractivity contribution in [3.8, 4) is 11.1 Å². The van der Waals surface area contributed by atoms with Crippen molar-refractivity contribution in [3.05, 3.63) is 53.9 Å². The number of benzene rings is 1. The molecule has 0 unspecified atom stereocenters. The first-order valence-corrected chi connectivity index (χ1v) is 9.82. The zero-order chi connectivity index (χ0) is 19.9. The second kappa shape index (κ2) is 9.46. The standard InChI is InChI=1S/C22H28N4O2/c1-16(27)25-15-17-6-3-7-18(14-17)20-9-4-11-23-21(20)22(28)24-12-10-19-8-5-13-26(19)2/h3-4,6-7,9,11,14,19H,5,8,10,12-13,15H2,1-2H3,(H,24,28)(H,25,27)/t19-/m1/s1. The second-order valence-corrected chi connectivity index (χ2v) is 7.33. The first kappa shape index (κ1) is 20.0. The molecular weight excluding hydrogens is 352 g/mol. The van der Waals surface area contributed by atoms with Crippen molar-refractivity contribution in [1.29, 1.82) is 0 Å². The maximum Gasteiger partial charge on any atom is 0.270 e. The molecule has 3 rings (SSSR count). The van der Waals surface area contributed by atoms with Gasteiger partial charge in [-0.2, -0.15) is 0 Å². The second-order valence-electron chi connectivity index (χ2n) is 7.33. The molecule has 148 valence electrons. The summed E-state index contributed by atoms with van der Waals surface area (Å²) in [7, 11) is 2.14. The summed E-state index contributed by atoms with van der Waals surface area (Å²) in [6.45, 7) is 3.74. The molecular formula is C22H28N4O2. The Balaban J connectivity index is 1.69. The highest BCUT2D eigenvalue weighted by molar-refractivity contribution is 5.98. The Bertz CT molecular complexity index is 837. The van der Waals surface area contributed by atoms with Crippen molar-refractivity contribution in [1.82, 2.24) is 20.5 Å². The predicted octanol–water partition coefficient (Wildman–Crippen LogP) is 2.60. The monoisotopic (exact) mass is 380 g/mol. The highest BCUT2D eigenvalue weighted by Gasteiger charge is 2.21. The minimum absolute atomic E-state index is 0.0697. The fourth-order valence-corrected chi connectivity index (χ4v) is 3.67. The molecule has 0 spiro atoms. The van der Waals surface area contributed by atoms with Gasteiger partial charge in [0.25, 0.3) is 5.91 Å². The van der Waals surface area contributed by atoms with Crippen molar-refractivity contribution < 1.29 is 9.59 Å². The molecule has 1 saturated heterocycles. The lowest BCUT2D eigenvalue weighted by atomic mass is 10.0. The molecule has 2 heterocycles. The largest absolute Gasteiger partial charge is 0.352 e. The van der Waals surface area contributed by atoms with E-state index in [-0.39, 0.29) is 11.8 Å². The summed E-state index contributed by atoms with van der Waals surface area (Å²) in [5.74, 6) is -0.219. The molecule has 1 fully saturated rings. The summed E-state index contributed by atoms with van der Waals surface area (Å²) in [5, 5.41) is 5.82. The normalized spacial score (nSPS) is 16.7. The summed E-state index contributed by atoms with van der Waals surface area (Å²) >= 11 is 0. The van der Waals surface area contributed by atoms with E-state index in [1.54, 1.807) is 6.20 Å². The van der Waals surface area contributed by atoms with Gasteiger partial charge in [-0.15, -0.1) is 0 Å². The summed E-state index contributed by atoms with van der Waals surface area (Å²) in [6, 6.07) is 12.1. The van der Waals surface area contributed by atoms with Crippen molar-refractivity contribution >= 4 is 11.8 Å². The van der Waals surface area contributed by atoms with E-state index in [1.807, 2.05) is 36.4 Å². The lowest BCUT2D eigenvalue weighted by molar-refractivity contribution is -0.119. The number of hydrogen-bond acceptors (Lipinski definition) is 4. The number of carbonyl (C=O) groups excluding carboxylic acids is 2. The van der Waals surface area contributed by atoms with Crippen LogP contribution in [0.15, 0.2) is 42.6 Å². The van der Waals surface area contributed by atoms with Gasteiger partial charge in [0.1, 0.15) is 5.69 Å². The van der Waals surface area contributed by atoms with Gasteiger partial charge in [0.15, 0.2) is 0 Å². The minimum Gasteiger partial charge on any atom is -0.352 e. The fourth-order valence-electron chi connectivity index (χ4n) is 3.67. The van der Waals surface area contributed by atoms with Crippen LogP contribution in [0.2, 0.25) is 0 Å². The average molecular weight is 380 g/mol. The Morgan fingerprint density at radius 1 is 1.21 bits per heavy atom. The lowest BCUT2D eigenvalue weighted by Crippen LogP contribution is -2.32. The smallest absolute Gasteiger partial charge is 0.270 e. The molecule has 2 aromatic rings. The highest BCUT2D eigenvalue weighted by Crippen LogP contribution is 2.23. The number of amides is 2. The van der Waals surface area contributed by atoms with Gasteiger partial charge in [0, 0.05) is 37.8 Å². The Morgan fingerprint density at radius 3 is 2.82 bits per heavy atom. The third-order valence-electron chi connectivity index (χ3n) is 5.24. The number of aromatic nitrogens is 1. The zero-order valence-electron chi connectivity index (χ0n) is 16.6. The summed E-state index contributed by atoms with van der Waals surface area (Å²) in [6.07, 6.45) is 5.03. The molecule has 0 bridgehead atoms. The molecule has 1 aromatic heterocycles.